The SMILES string of the molecule is COC(=O)c1oc(CN2CC3CCC(O)C3C2)cc1C. The van der Waals surface area contributed by atoms with Gasteiger partial charge in [-0.25, -0.2) is 4.79 Å². The maximum Gasteiger partial charge on any atom is 0.374 e. The van der Waals surface area contributed by atoms with Gasteiger partial charge in [0.15, 0.2) is 0 Å². The molecule has 0 radical (unpaired) electrons. The van der Waals surface area contributed by atoms with Crippen LogP contribution in [0.2, 0.25) is 0 Å². The molecule has 1 saturated heterocycles. The van der Waals surface area contributed by atoms with Gasteiger partial charge in [0, 0.05) is 24.6 Å². The maximum atomic E-state index is 11.5. The topological polar surface area (TPSA) is 62.9 Å². The van der Waals surface area contributed by atoms with Gasteiger partial charge < -0.3 is 14.3 Å². The van der Waals surface area contributed by atoms with Gasteiger partial charge in [0.1, 0.15) is 5.76 Å². The van der Waals surface area contributed by atoms with E-state index in [2.05, 4.69) is 4.90 Å². The zero-order valence-electron chi connectivity index (χ0n) is 12.0. The third kappa shape index (κ3) is 2.36. The molecule has 2 fully saturated rings. The molecule has 5 nitrogen and oxygen atoms in total. The van der Waals surface area contributed by atoms with Crippen LogP contribution in [0.5, 0.6) is 0 Å². The first-order chi connectivity index (χ1) is 9.58. The molecular weight excluding hydrogens is 258 g/mol. The maximum absolute atomic E-state index is 11.5. The van der Waals surface area contributed by atoms with E-state index in [4.69, 9.17) is 9.15 Å². The standard InChI is InChI=1S/C15H21NO4/c1-9-5-11(20-14(9)15(18)19-2)7-16-6-10-3-4-13(17)12(10)8-16/h5,10,12-13,17H,3-4,6-8H2,1-2H3. The first kappa shape index (κ1) is 13.6. The number of furan rings is 1. The first-order valence-electron chi connectivity index (χ1n) is 7.16. The fourth-order valence-corrected chi connectivity index (χ4v) is 3.60. The quantitative estimate of drug-likeness (QED) is 0.851. The van der Waals surface area contributed by atoms with Crippen molar-refractivity contribution in [3.05, 3.63) is 23.2 Å². The summed E-state index contributed by atoms with van der Waals surface area (Å²) in [4.78, 5) is 13.8. The Balaban J connectivity index is 1.66. The van der Waals surface area contributed by atoms with E-state index in [1.165, 1.54) is 7.11 Å². The molecule has 2 aliphatic rings. The number of ether oxygens (including phenoxy) is 1. The summed E-state index contributed by atoms with van der Waals surface area (Å²) in [6.45, 7) is 4.47. The largest absolute Gasteiger partial charge is 0.463 e. The van der Waals surface area contributed by atoms with E-state index < -0.39 is 5.97 Å². The molecule has 3 rings (SSSR count). The zero-order valence-corrected chi connectivity index (χ0v) is 12.0. The molecule has 1 N–H and O–H groups in total. The lowest BCUT2D eigenvalue weighted by Gasteiger charge is -2.16. The average molecular weight is 279 g/mol. The van der Waals surface area contributed by atoms with Crippen LogP contribution in [0.25, 0.3) is 0 Å². The van der Waals surface area contributed by atoms with Gasteiger partial charge in [-0.2, -0.15) is 0 Å². The van der Waals surface area contributed by atoms with E-state index >= 15 is 0 Å². The summed E-state index contributed by atoms with van der Waals surface area (Å²) in [7, 11) is 1.35. The second-order valence-electron chi connectivity index (χ2n) is 5.98. The van der Waals surface area contributed by atoms with Crippen molar-refractivity contribution in [3.63, 3.8) is 0 Å². The molecule has 20 heavy (non-hydrogen) atoms. The first-order valence-corrected chi connectivity index (χ1v) is 7.16. The van der Waals surface area contributed by atoms with Crippen LogP contribution in [0.4, 0.5) is 0 Å². The molecule has 1 aromatic heterocycles. The summed E-state index contributed by atoms with van der Waals surface area (Å²) < 4.78 is 10.3. The molecule has 5 heteroatoms. The van der Waals surface area contributed by atoms with Crippen LogP contribution in [0, 0.1) is 18.8 Å². The smallest absolute Gasteiger partial charge is 0.374 e. The summed E-state index contributed by atoms with van der Waals surface area (Å²) in [6.07, 6.45) is 1.91. The van der Waals surface area contributed by atoms with Crippen molar-refractivity contribution in [2.75, 3.05) is 20.2 Å². The van der Waals surface area contributed by atoms with Crippen molar-refractivity contribution in [1.29, 1.82) is 0 Å². The predicted octanol–water partition coefficient (Wildman–Crippen LogP) is 1.58. The number of aliphatic hydroxyl groups excluding tert-OH is 1. The Hall–Kier alpha value is -1.33. The molecule has 0 bridgehead atoms. The highest BCUT2D eigenvalue weighted by molar-refractivity contribution is 5.87. The summed E-state index contributed by atoms with van der Waals surface area (Å²) in [5, 5.41) is 9.92. The monoisotopic (exact) mass is 279 g/mol. The molecule has 1 aromatic rings. The van der Waals surface area contributed by atoms with E-state index in [0.717, 1.165) is 37.3 Å². The van der Waals surface area contributed by atoms with Crippen LogP contribution in [0.15, 0.2) is 10.5 Å². The Bertz CT molecular complexity index is 510. The van der Waals surface area contributed by atoms with E-state index in [0.29, 0.717) is 24.1 Å². The van der Waals surface area contributed by atoms with Gasteiger partial charge in [0.25, 0.3) is 0 Å². The van der Waals surface area contributed by atoms with Crippen molar-refractivity contribution in [1.82, 2.24) is 4.90 Å². The molecule has 1 aliphatic carbocycles. The fourth-order valence-electron chi connectivity index (χ4n) is 3.60. The van der Waals surface area contributed by atoms with Gasteiger partial charge in [-0.15, -0.1) is 0 Å². The number of aliphatic hydroxyl groups is 1. The highest BCUT2D eigenvalue weighted by Gasteiger charge is 2.41. The number of carbonyl (C=O) groups is 1. The molecule has 3 atom stereocenters. The summed E-state index contributed by atoms with van der Waals surface area (Å²) in [6, 6.07) is 1.90. The summed E-state index contributed by atoms with van der Waals surface area (Å²) in [5.74, 6) is 1.68. The average Bonchev–Trinajstić information content (AvgIpc) is 3.07. The van der Waals surface area contributed by atoms with Crippen LogP contribution in [-0.4, -0.2) is 42.3 Å². The number of nitrogens with zero attached hydrogens (tertiary/aromatic N) is 1. The Kier molecular flexibility index (Phi) is 3.56. The number of methoxy groups -OCH3 is 1. The minimum Gasteiger partial charge on any atom is -0.463 e. The van der Waals surface area contributed by atoms with Crippen LogP contribution in [0.3, 0.4) is 0 Å². The van der Waals surface area contributed by atoms with E-state index in [-0.39, 0.29) is 6.10 Å². The predicted molar refractivity (Wildman–Crippen MR) is 72.3 cm³/mol. The Morgan fingerprint density at radius 2 is 2.30 bits per heavy atom. The van der Waals surface area contributed by atoms with Gasteiger partial charge in [-0.1, -0.05) is 0 Å². The number of aryl methyl sites for hydroxylation is 1. The normalized spacial score (nSPS) is 29.6. The molecule has 1 saturated carbocycles. The molecule has 2 heterocycles. The third-order valence-electron chi connectivity index (χ3n) is 4.61. The Morgan fingerprint density at radius 1 is 1.50 bits per heavy atom. The molecule has 0 amide bonds. The second-order valence-corrected chi connectivity index (χ2v) is 5.98. The van der Waals surface area contributed by atoms with E-state index in [1.807, 2.05) is 13.0 Å². The van der Waals surface area contributed by atoms with Crippen LogP contribution in [0.1, 0.15) is 34.7 Å². The van der Waals surface area contributed by atoms with Gasteiger partial charge in [0.2, 0.25) is 5.76 Å². The third-order valence-corrected chi connectivity index (χ3v) is 4.61. The highest BCUT2D eigenvalue weighted by atomic mass is 16.5. The molecule has 1 aliphatic heterocycles. The number of esters is 1. The minimum absolute atomic E-state index is 0.144. The number of hydrogen-bond acceptors (Lipinski definition) is 5. The number of rotatable bonds is 3. The van der Waals surface area contributed by atoms with E-state index in [9.17, 15) is 9.90 Å². The molecule has 0 aromatic carbocycles. The van der Waals surface area contributed by atoms with E-state index in [1.54, 1.807) is 0 Å². The lowest BCUT2D eigenvalue weighted by Crippen LogP contribution is -2.24. The van der Waals surface area contributed by atoms with Crippen molar-refractivity contribution in [3.8, 4) is 0 Å². The van der Waals surface area contributed by atoms with Crippen molar-refractivity contribution >= 4 is 5.97 Å². The Labute approximate surface area is 118 Å². The van der Waals surface area contributed by atoms with Gasteiger partial charge in [-0.3, -0.25) is 4.90 Å². The molecule has 3 unspecified atom stereocenters. The Morgan fingerprint density at radius 3 is 3.00 bits per heavy atom. The summed E-state index contributed by atoms with van der Waals surface area (Å²) in [5.41, 5.74) is 0.811. The van der Waals surface area contributed by atoms with Crippen LogP contribution >= 0.6 is 0 Å². The molecule has 0 spiro atoms. The van der Waals surface area contributed by atoms with Crippen molar-refractivity contribution in [2.45, 2.75) is 32.4 Å². The van der Waals surface area contributed by atoms with Gasteiger partial charge in [0.05, 0.1) is 19.8 Å². The van der Waals surface area contributed by atoms with Crippen LogP contribution in [-0.2, 0) is 11.3 Å². The molecular formula is C15H21NO4. The number of hydrogen-bond donors (Lipinski definition) is 1. The van der Waals surface area contributed by atoms with Gasteiger partial charge >= 0.3 is 5.97 Å². The highest BCUT2D eigenvalue weighted by Crippen LogP contribution is 2.38. The van der Waals surface area contributed by atoms with Crippen molar-refractivity contribution < 1.29 is 19.1 Å². The van der Waals surface area contributed by atoms with Gasteiger partial charge in [-0.05, 0) is 31.7 Å². The lowest BCUT2D eigenvalue weighted by molar-refractivity contribution is 0.0560. The second kappa shape index (κ2) is 5.22. The zero-order chi connectivity index (χ0) is 14.3. The molecule has 110 valence electrons. The minimum atomic E-state index is -0.428. The van der Waals surface area contributed by atoms with Crippen molar-refractivity contribution in [2.24, 2.45) is 11.8 Å². The number of likely N-dealkylation sites (tertiary alicyclic amines) is 1. The number of fused-ring (bicyclic) bond motifs is 1. The fraction of sp³-hybridized carbons (Fsp3) is 0.667. The van der Waals surface area contributed by atoms with Crippen LogP contribution < -0.4 is 0 Å². The summed E-state index contributed by atoms with van der Waals surface area (Å²) >= 11 is 0. The lowest BCUT2D eigenvalue weighted by atomic mass is 10.00. The number of carbonyl (C=O) groups excluding carboxylic acids is 1.